The summed E-state index contributed by atoms with van der Waals surface area (Å²) in [6.07, 6.45) is 8.50. The Bertz CT molecular complexity index is 545. The fourth-order valence-electron chi connectivity index (χ4n) is 3.65. The summed E-state index contributed by atoms with van der Waals surface area (Å²) in [5.74, 6) is 0.309. The van der Waals surface area contributed by atoms with Crippen molar-refractivity contribution < 1.29 is 9.59 Å². The van der Waals surface area contributed by atoms with E-state index in [1.807, 2.05) is 0 Å². The summed E-state index contributed by atoms with van der Waals surface area (Å²) in [7, 11) is 0. The number of carbonyl (C=O) groups excluding carboxylic acids is 2. The van der Waals surface area contributed by atoms with Crippen molar-refractivity contribution in [3.05, 3.63) is 12.2 Å². The van der Waals surface area contributed by atoms with Gasteiger partial charge in [0.25, 0.3) is 5.91 Å². The Kier molecular flexibility index (Phi) is 5.44. The predicted molar refractivity (Wildman–Crippen MR) is 88.0 cm³/mol. The molecule has 3 rings (SSSR count). The number of carbonyl (C=O) groups is 2. The van der Waals surface area contributed by atoms with Gasteiger partial charge in [0.05, 0.1) is 0 Å². The first-order valence-corrected chi connectivity index (χ1v) is 8.84. The number of nitrogens with one attached hydrogen (secondary N) is 3. The molecule has 1 aromatic rings. The van der Waals surface area contributed by atoms with Crippen LogP contribution in [0.3, 0.4) is 0 Å². The Morgan fingerprint density at radius 1 is 1.00 bits per heavy atom. The lowest BCUT2D eigenvalue weighted by Crippen LogP contribution is -2.46. The minimum absolute atomic E-state index is 0.119. The number of rotatable bonds is 4. The van der Waals surface area contributed by atoms with E-state index in [1.165, 1.54) is 6.33 Å². The van der Waals surface area contributed by atoms with Crippen LogP contribution in [0.15, 0.2) is 6.33 Å². The Balaban J connectivity index is 1.39. The molecule has 2 fully saturated rings. The summed E-state index contributed by atoms with van der Waals surface area (Å²) in [6, 6.07) is 0.604. The van der Waals surface area contributed by atoms with Crippen molar-refractivity contribution in [1.82, 2.24) is 25.8 Å². The molecular weight excluding hydrogens is 308 g/mol. The summed E-state index contributed by atoms with van der Waals surface area (Å²) >= 11 is 0. The molecule has 2 aliphatic carbocycles. The maximum Gasteiger partial charge on any atom is 0.288 e. The number of H-pyrrole nitrogens is 1. The first kappa shape index (κ1) is 16.9. The highest BCUT2D eigenvalue weighted by atomic mass is 16.2. The number of hydrogen-bond donors (Lipinski definition) is 4. The molecule has 5 N–H and O–H groups in total. The van der Waals surface area contributed by atoms with E-state index in [9.17, 15) is 9.59 Å². The highest BCUT2D eigenvalue weighted by molar-refractivity contribution is 5.90. The van der Waals surface area contributed by atoms with Crippen molar-refractivity contribution >= 4 is 11.8 Å². The maximum atomic E-state index is 12.3. The molecule has 0 radical (unpaired) electrons. The quantitative estimate of drug-likeness (QED) is 0.637. The Morgan fingerprint density at radius 2 is 1.62 bits per heavy atom. The van der Waals surface area contributed by atoms with Gasteiger partial charge in [-0.2, -0.15) is 5.10 Å². The number of amides is 2. The summed E-state index contributed by atoms with van der Waals surface area (Å²) in [4.78, 5) is 28.1. The largest absolute Gasteiger partial charge is 0.353 e. The van der Waals surface area contributed by atoms with Crippen molar-refractivity contribution in [1.29, 1.82) is 0 Å². The molecule has 24 heavy (non-hydrogen) atoms. The SMILES string of the molecule is N[C@H]1CC[C@H](C(=O)N[C@H]2CC[C@H](NC(=O)c3ncn[nH]3)CC2)CC1. The van der Waals surface area contributed by atoms with Crippen LogP contribution in [0.4, 0.5) is 0 Å². The van der Waals surface area contributed by atoms with Crippen LogP contribution < -0.4 is 16.4 Å². The lowest BCUT2D eigenvalue weighted by molar-refractivity contribution is -0.127. The second kappa shape index (κ2) is 7.74. The van der Waals surface area contributed by atoms with Crippen molar-refractivity contribution in [2.75, 3.05) is 0 Å². The average molecular weight is 334 g/mol. The molecule has 0 bridgehead atoms. The first-order chi connectivity index (χ1) is 11.6. The van der Waals surface area contributed by atoms with Gasteiger partial charge in [0.15, 0.2) is 0 Å². The maximum absolute atomic E-state index is 12.3. The van der Waals surface area contributed by atoms with E-state index in [2.05, 4.69) is 25.8 Å². The molecule has 8 heteroatoms. The van der Waals surface area contributed by atoms with E-state index in [4.69, 9.17) is 5.73 Å². The molecule has 2 amide bonds. The van der Waals surface area contributed by atoms with Crippen LogP contribution in [0, 0.1) is 5.92 Å². The molecule has 0 aliphatic heterocycles. The van der Waals surface area contributed by atoms with E-state index < -0.39 is 0 Å². The van der Waals surface area contributed by atoms with Gasteiger partial charge in [0.2, 0.25) is 11.7 Å². The van der Waals surface area contributed by atoms with E-state index in [0.717, 1.165) is 51.4 Å². The second-order valence-corrected chi connectivity index (χ2v) is 6.98. The Labute approximate surface area is 141 Å². The van der Waals surface area contributed by atoms with Gasteiger partial charge in [-0.05, 0) is 51.4 Å². The number of hydrogen-bond acceptors (Lipinski definition) is 5. The lowest BCUT2D eigenvalue weighted by atomic mass is 9.85. The van der Waals surface area contributed by atoms with Crippen molar-refractivity contribution in [2.45, 2.75) is 69.5 Å². The third-order valence-corrected chi connectivity index (χ3v) is 5.18. The summed E-state index contributed by atoms with van der Waals surface area (Å²) in [6.45, 7) is 0. The molecule has 132 valence electrons. The van der Waals surface area contributed by atoms with E-state index in [-0.39, 0.29) is 41.7 Å². The lowest BCUT2D eigenvalue weighted by Gasteiger charge is -2.32. The molecule has 8 nitrogen and oxygen atoms in total. The minimum Gasteiger partial charge on any atom is -0.353 e. The van der Waals surface area contributed by atoms with Crippen LogP contribution in [0.2, 0.25) is 0 Å². The fourth-order valence-corrected chi connectivity index (χ4v) is 3.65. The zero-order valence-electron chi connectivity index (χ0n) is 13.8. The zero-order valence-corrected chi connectivity index (χ0v) is 13.8. The Morgan fingerprint density at radius 3 is 2.21 bits per heavy atom. The zero-order chi connectivity index (χ0) is 16.9. The molecule has 2 saturated carbocycles. The number of aromatic amines is 1. The molecule has 0 unspecified atom stereocenters. The predicted octanol–water partition coefficient (Wildman–Crippen LogP) is 0.479. The number of nitrogens with zero attached hydrogens (tertiary/aromatic N) is 2. The van der Waals surface area contributed by atoms with Crippen LogP contribution >= 0.6 is 0 Å². The van der Waals surface area contributed by atoms with Crippen LogP contribution in [0.25, 0.3) is 0 Å². The summed E-state index contributed by atoms with van der Waals surface area (Å²) < 4.78 is 0. The van der Waals surface area contributed by atoms with Crippen LogP contribution in [-0.2, 0) is 4.79 Å². The number of aromatic nitrogens is 3. The monoisotopic (exact) mass is 334 g/mol. The van der Waals surface area contributed by atoms with E-state index in [1.54, 1.807) is 0 Å². The fraction of sp³-hybridized carbons (Fsp3) is 0.750. The topological polar surface area (TPSA) is 126 Å². The first-order valence-electron chi connectivity index (χ1n) is 8.84. The smallest absolute Gasteiger partial charge is 0.288 e. The van der Waals surface area contributed by atoms with Gasteiger partial charge in [-0.15, -0.1) is 0 Å². The van der Waals surface area contributed by atoms with Crippen molar-refractivity contribution in [3.63, 3.8) is 0 Å². The number of nitrogens with two attached hydrogens (primary N) is 1. The molecule has 2 aliphatic rings. The van der Waals surface area contributed by atoms with Gasteiger partial charge >= 0.3 is 0 Å². The molecule has 0 aromatic carbocycles. The third-order valence-electron chi connectivity index (χ3n) is 5.18. The highest BCUT2D eigenvalue weighted by Gasteiger charge is 2.28. The normalized spacial score (nSPS) is 30.5. The summed E-state index contributed by atoms with van der Waals surface area (Å²) in [5, 5.41) is 12.4. The van der Waals surface area contributed by atoms with E-state index in [0.29, 0.717) is 0 Å². The minimum atomic E-state index is -0.224. The van der Waals surface area contributed by atoms with Gasteiger partial charge in [0.1, 0.15) is 6.33 Å². The Hall–Kier alpha value is -1.96. The molecule has 0 saturated heterocycles. The van der Waals surface area contributed by atoms with Gasteiger partial charge in [-0.3, -0.25) is 14.7 Å². The molecule has 1 heterocycles. The van der Waals surface area contributed by atoms with Crippen LogP contribution in [-0.4, -0.2) is 45.1 Å². The summed E-state index contributed by atoms with van der Waals surface area (Å²) in [5.41, 5.74) is 5.89. The van der Waals surface area contributed by atoms with Gasteiger partial charge in [-0.25, -0.2) is 4.98 Å². The molecule has 0 spiro atoms. The second-order valence-electron chi connectivity index (χ2n) is 6.98. The highest BCUT2D eigenvalue weighted by Crippen LogP contribution is 2.25. The third kappa shape index (κ3) is 4.31. The van der Waals surface area contributed by atoms with Crippen LogP contribution in [0.1, 0.15) is 62.0 Å². The molecule has 1 aromatic heterocycles. The van der Waals surface area contributed by atoms with Crippen molar-refractivity contribution in [3.8, 4) is 0 Å². The molecular formula is C16H26N6O2. The van der Waals surface area contributed by atoms with E-state index >= 15 is 0 Å². The van der Waals surface area contributed by atoms with Crippen molar-refractivity contribution in [2.24, 2.45) is 11.7 Å². The molecule has 0 atom stereocenters. The van der Waals surface area contributed by atoms with Crippen LogP contribution in [0.5, 0.6) is 0 Å². The van der Waals surface area contributed by atoms with Gasteiger partial charge < -0.3 is 16.4 Å². The van der Waals surface area contributed by atoms with Gasteiger partial charge in [-0.1, -0.05) is 0 Å². The van der Waals surface area contributed by atoms with Gasteiger partial charge in [0, 0.05) is 24.0 Å². The average Bonchev–Trinajstić information content (AvgIpc) is 3.12. The standard InChI is InChI=1S/C16H26N6O2/c17-11-3-1-10(2-4-11)15(23)20-12-5-7-13(8-6-12)21-16(24)14-18-9-19-22-14/h9-13H,1-8,17H2,(H,20,23)(H,21,24)(H,18,19,22)/t10-,11-,12-,13-.